The molecule has 0 spiro atoms. The summed E-state index contributed by atoms with van der Waals surface area (Å²) in [4.78, 5) is 9.12. The first-order valence-corrected chi connectivity index (χ1v) is 7.84. The van der Waals surface area contributed by atoms with Gasteiger partial charge in [-0.15, -0.1) is 0 Å². The highest BCUT2D eigenvalue weighted by Crippen LogP contribution is 2.23. The first kappa shape index (κ1) is 15.9. The van der Waals surface area contributed by atoms with Crippen molar-refractivity contribution in [2.45, 2.75) is 19.9 Å². The number of rotatable bonds is 5. The average Bonchev–Trinajstić information content (AvgIpc) is 2.55. The molecule has 0 aliphatic rings. The maximum Gasteiger partial charge on any atom is 0.163 e. The molecule has 3 rings (SSSR count). The van der Waals surface area contributed by atoms with Crippen LogP contribution in [0.5, 0.6) is 0 Å². The number of aromatic nitrogens is 2. The van der Waals surface area contributed by atoms with Gasteiger partial charge < -0.3 is 10.6 Å². The van der Waals surface area contributed by atoms with E-state index < -0.39 is 0 Å². The molecule has 1 heterocycles. The van der Waals surface area contributed by atoms with Crippen LogP contribution in [-0.2, 0) is 0 Å². The molecule has 122 valence electrons. The summed E-state index contributed by atoms with van der Waals surface area (Å²) in [6.07, 6.45) is 0. The molecular weight excluding hydrogens is 303 g/mol. The third-order valence-electron chi connectivity index (χ3n) is 3.29. The van der Waals surface area contributed by atoms with Crippen molar-refractivity contribution < 1.29 is 4.39 Å². The molecule has 0 atom stereocenters. The lowest BCUT2D eigenvalue weighted by atomic mass is 10.2. The molecule has 0 fully saturated rings. The van der Waals surface area contributed by atoms with Crippen molar-refractivity contribution in [2.24, 2.45) is 0 Å². The monoisotopic (exact) mass is 322 g/mol. The highest BCUT2D eigenvalue weighted by Gasteiger charge is 2.08. The Kier molecular flexibility index (Phi) is 4.70. The van der Waals surface area contributed by atoms with Gasteiger partial charge in [0.25, 0.3) is 0 Å². The molecule has 1 aromatic heterocycles. The summed E-state index contributed by atoms with van der Waals surface area (Å²) in [5.74, 6) is 1.65. The van der Waals surface area contributed by atoms with Gasteiger partial charge in [0.15, 0.2) is 5.82 Å². The number of hydrogen-bond donors (Lipinski definition) is 2. The highest BCUT2D eigenvalue weighted by atomic mass is 19.1. The van der Waals surface area contributed by atoms with Gasteiger partial charge in [-0.2, -0.15) is 0 Å². The maximum atomic E-state index is 13.4. The van der Waals surface area contributed by atoms with E-state index in [1.807, 2.05) is 50.2 Å². The summed E-state index contributed by atoms with van der Waals surface area (Å²) in [6.45, 7) is 4.09. The summed E-state index contributed by atoms with van der Waals surface area (Å²) in [7, 11) is 0. The first-order chi connectivity index (χ1) is 11.6. The van der Waals surface area contributed by atoms with Crippen molar-refractivity contribution in [3.05, 3.63) is 66.5 Å². The third kappa shape index (κ3) is 4.07. The minimum atomic E-state index is -0.294. The van der Waals surface area contributed by atoms with Crippen LogP contribution >= 0.6 is 0 Å². The van der Waals surface area contributed by atoms with E-state index in [-0.39, 0.29) is 11.9 Å². The zero-order valence-corrected chi connectivity index (χ0v) is 13.6. The Morgan fingerprint density at radius 2 is 1.62 bits per heavy atom. The van der Waals surface area contributed by atoms with Crippen LogP contribution in [-0.4, -0.2) is 16.0 Å². The van der Waals surface area contributed by atoms with E-state index in [4.69, 9.17) is 0 Å². The topological polar surface area (TPSA) is 49.8 Å². The first-order valence-electron chi connectivity index (χ1n) is 7.84. The van der Waals surface area contributed by atoms with Crippen molar-refractivity contribution in [2.75, 3.05) is 10.6 Å². The molecule has 0 amide bonds. The second kappa shape index (κ2) is 7.08. The number of nitrogens with one attached hydrogen (secondary N) is 2. The number of nitrogens with zero attached hydrogens (tertiary/aromatic N) is 2. The van der Waals surface area contributed by atoms with Crippen LogP contribution in [0.4, 0.5) is 21.7 Å². The molecule has 0 aliphatic carbocycles. The lowest BCUT2D eigenvalue weighted by molar-refractivity contribution is 0.628. The van der Waals surface area contributed by atoms with Gasteiger partial charge in [0, 0.05) is 23.4 Å². The molecule has 4 nitrogen and oxygen atoms in total. The molecule has 5 heteroatoms. The second-order valence-corrected chi connectivity index (χ2v) is 5.76. The van der Waals surface area contributed by atoms with Gasteiger partial charge in [-0.1, -0.05) is 36.4 Å². The number of halogens is 1. The number of anilines is 3. The molecule has 0 aliphatic heterocycles. The van der Waals surface area contributed by atoms with Gasteiger partial charge in [-0.25, -0.2) is 14.4 Å². The number of benzene rings is 2. The fourth-order valence-electron chi connectivity index (χ4n) is 2.31. The molecule has 24 heavy (non-hydrogen) atoms. The molecule has 0 radical (unpaired) electrons. The van der Waals surface area contributed by atoms with Gasteiger partial charge >= 0.3 is 0 Å². The normalized spacial score (nSPS) is 10.7. The highest BCUT2D eigenvalue weighted by molar-refractivity contribution is 5.65. The Bertz CT molecular complexity index is 819. The second-order valence-electron chi connectivity index (χ2n) is 5.76. The minimum absolute atomic E-state index is 0.241. The van der Waals surface area contributed by atoms with E-state index >= 15 is 0 Å². The molecule has 0 unspecified atom stereocenters. The Balaban J connectivity index is 1.98. The predicted molar refractivity (Wildman–Crippen MR) is 95.9 cm³/mol. The van der Waals surface area contributed by atoms with Crippen LogP contribution in [0.2, 0.25) is 0 Å². The summed E-state index contributed by atoms with van der Waals surface area (Å²) < 4.78 is 13.4. The molecular formula is C19H19FN4. The SMILES string of the molecule is CC(C)Nc1cc(Nc2cccc(F)c2)nc(-c2ccccc2)n1. The van der Waals surface area contributed by atoms with E-state index in [1.54, 1.807) is 12.1 Å². The van der Waals surface area contributed by atoms with Crippen molar-refractivity contribution in [1.29, 1.82) is 0 Å². The average molecular weight is 322 g/mol. The smallest absolute Gasteiger partial charge is 0.163 e. The summed E-state index contributed by atoms with van der Waals surface area (Å²) in [5, 5.41) is 6.42. The van der Waals surface area contributed by atoms with Crippen LogP contribution in [0.15, 0.2) is 60.7 Å². The molecule has 0 saturated heterocycles. The van der Waals surface area contributed by atoms with E-state index in [0.717, 1.165) is 11.4 Å². The van der Waals surface area contributed by atoms with Gasteiger partial charge in [0.2, 0.25) is 0 Å². The predicted octanol–water partition coefficient (Wildman–Crippen LogP) is 4.85. The Labute approximate surface area is 140 Å². The van der Waals surface area contributed by atoms with Crippen molar-refractivity contribution in [3.8, 4) is 11.4 Å². The van der Waals surface area contributed by atoms with Gasteiger partial charge in [-0.05, 0) is 32.0 Å². The standard InChI is InChI=1S/C19H19FN4/c1-13(2)21-17-12-18(22-16-10-6-9-15(20)11-16)24-19(23-17)14-7-4-3-5-8-14/h3-13H,1-2H3,(H2,21,22,23,24). The van der Waals surface area contributed by atoms with E-state index in [1.165, 1.54) is 12.1 Å². The Hall–Kier alpha value is -2.95. The van der Waals surface area contributed by atoms with E-state index in [2.05, 4.69) is 20.6 Å². The Morgan fingerprint density at radius 3 is 2.33 bits per heavy atom. The maximum absolute atomic E-state index is 13.4. The quantitative estimate of drug-likeness (QED) is 0.705. The van der Waals surface area contributed by atoms with Crippen LogP contribution in [0.3, 0.4) is 0 Å². The van der Waals surface area contributed by atoms with Crippen molar-refractivity contribution in [1.82, 2.24) is 9.97 Å². The molecule has 0 saturated carbocycles. The van der Waals surface area contributed by atoms with Crippen molar-refractivity contribution >= 4 is 17.3 Å². The summed E-state index contributed by atoms with van der Waals surface area (Å²) >= 11 is 0. The zero-order valence-electron chi connectivity index (χ0n) is 13.6. The molecule has 3 aromatic rings. The molecule has 2 N–H and O–H groups in total. The molecule has 2 aromatic carbocycles. The Morgan fingerprint density at radius 1 is 0.875 bits per heavy atom. The van der Waals surface area contributed by atoms with Crippen LogP contribution in [0, 0.1) is 5.82 Å². The summed E-state index contributed by atoms with van der Waals surface area (Å²) in [5.41, 5.74) is 1.57. The van der Waals surface area contributed by atoms with E-state index in [0.29, 0.717) is 17.3 Å². The van der Waals surface area contributed by atoms with Crippen LogP contribution in [0.1, 0.15) is 13.8 Å². The van der Waals surface area contributed by atoms with Gasteiger partial charge in [0.05, 0.1) is 0 Å². The third-order valence-corrected chi connectivity index (χ3v) is 3.29. The summed E-state index contributed by atoms with van der Waals surface area (Å²) in [6, 6.07) is 18.1. The minimum Gasteiger partial charge on any atom is -0.368 e. The van der Waals surface area contributed by atoms with Gasteiger partial charge in [0.1, 0.15) is 17.5 Å². The van der Waals surface area contributed by atoms with Gasteiger partial charge in [-0.3, -0.25) is 0 Å². The van der Waals surface area contributed by atoms with Crippen LogP contribution in [0.25, 0.3) is 11.4 Å². The zero-order chi connectivity index (χ0) is 16.9. The fourth-order valence-corrected chi connectivity index (χ4v) is 2.31. The van der Waals surface area contributed by atoms with E-state index in [9.17, 15) is 4.39 Å². The van der Waals surface area contributed by atoms with Crippen molar-refractivity contribution in [3.63, 3.8) is 0 Å². The fraction of sp³-hybridized carbons (Fsp3) is 0.158. The lowest BCUT2D eigenvalue weighted by Gasteiger charge is -2.13. The lowest BCUT2D eigenvalue weighted by Crippen LogP contribution is -2.12. The molecule has 0 bridgehead atoms. The van der Waals surface area contributed by atoms with Crippen LogP contribution < -0.4 is 10.6 Å². The largest absolute Gasteiger partial charge is 0.368 e. The number of hydrogen-bond acceptors (Lipinski definition) is 4.